The minimum absolute atomic E-state index is 0.105. The van der Waals surface area contributed by atoms with Gasteiger partial charge in [0.15, 0.2) is 12.2 Å². The van der Waals surface area contributed by atoms with E-state index in [0.29, 0.717) is 25.7 Å². The molecule has 540 valence electrons. The number of unbranched alkanes of at least 4 members (excludes halogenated alkanes) is 41. The van der Waals surface area contributed by atoms with Gasteiger partial charge in [0.05, 0.1) is 26.4 Å². The van der Waals surface area contributed by atoms with Crippen LogP contribution in [0.15, 0.2) is 0 Å². The van der Waals surface area contributed by atoms with Gasteiger partial charge in [0.25, 0.3) is 0 Å². The highest BCUT2D eigenvalue weighted by molar-refractivity contribution is 7.47. The normalized spacial score (nSPS) is 14.1. The predicted molar refractivity (Wildman–Crippen MR) is 368 cm³/mol. The van der Waals surface area contributed by atoms with Crippen LogP contribution in [0.2, 0.25) is 0 Å². The summed E-state index contributed by atoms with van der Waals surface area (Å²) >= 11 is 0. The highest BCUT2D eigenvalue weighted by atomic mass is 31.2. The topological polar surface area (TPSA) is 237 Å². The van der Waals surface area contributed by atoms with Crippen molar-refractivity contribution in [2.45, 2.75) is 387 Å². The Labute approximate surface area is 556 Å². The maximum atomic E-state index is 13.0. The van der Waals surface area contributed by atoms with Crippen molar-refractivity contribution in [3.63, 3.8) is 0 Å². The second-order valence-corrected chi connectivity index (χ2v) is 29.8. The van der Waals surface area contributed by atoms with Crippen LogP contribution in [0.5, 0.6) is 0 Å². The summed E-state index contributed by atoms with van der Waals surface area (Å²) in [7, 11) is -9.89. The van der Waals surface area contributed by atoms with Crippen LogP contribution in [-0.4, -0.2) is 96.7 Å². The molecule has 0 saturated heterocycles. The lowest BCUT2D eigenvalue weighted by Gasteiger charge is -2.21. The number of phosphoric acid groups is 2. The fourth-order valence-corrected chi connectivity index (χ4v) is 12.5. The van der Waals surface area contributed by atoms with Crippen molar-refractivity contribution in [3.8, 4) is 0 Å². The van der Waals surface area contributed by atoms with Crippen LogP contribution < -0.4 is 0 Å². The van der Waals surface area contributed by atoms with Crippen molar-refractivity contribution < 1.29 is 80.2 Å². The molecule has 91 heavy (non-hydrogen) atoms. The minimum atomic E-state index is -4.95. The zero-order valence-corrected chi connectivity index (χ0v) is 60.9. The Morgan fingerprint density at radius 2 is 0.505 bits per heavy atom. The molecule has 0 aliphatic heterocycles. The first-order chi connectivity index (χ1) is 43.9. The summed E-state index contributed by atoms with van der Waals surface area (Å²) < 4.78 is 68.2. The van der Waals surface area contributed by atoms with Crippen molar-refractivity contribution in [2.75, 3.05) is 39.6 Å². The van der Waals surface area contributed by atoms with Crippen molar-refractivity contribution in [3.05, 3.63) is 0 Å². The fraction of sp³-hybridized carbons (Fsp3) is 0.944. The molecule has 3 N–H and O–H groups in total. The number of carbonyl (C=O) groups excluding carboxylic acids is 4. The highest BCUT2D eigenvalue weighted by Crippen LogP contribution is 2.45. The summed E-state index contributed by atoms with van der Waals surface area (Å²) in [6.45, 7) is 9.56. The molecule has 5 atom stereocenters. The third kappa shape index (κ3) is 66.5. The van der Waals surface area contributed by atoms with Gasteiger partial charge in [-0.25, -0.2) is 9.13 Å². The first kappa shape index (κ1) is 89.1. The Balaban J connectivity index is 5.17. The molecule has 0 aliphatic carbocycles. The number of esters is 4. The van der Waals surface area contributed by atoms with E-state index in [-0.39, 0.29) is 25.7 Å². The maximum Gasteiger partial charge on any atom is 0.472 e. The van der Waals surface area contributed by atoms with E-state index in [1.807, 2.05) is 0 Å². The van der Waals surface area contributed by atoms with E-state index in [4.69, 9.17) is 37.0 Å². The molecule has 0 spiro atoms. The average Bonchev–Trinajstić information content (AvgIpc) is 3.03. The van der Waals surface area contributed by atoms with E-state index in [0.717, 1.165) is 115 Å². The SMILES string of the molecule is CCCCCCCCCCC(=O)OC[C@H](COP(=O)(O)OC[C@H](O)COP(=O)(O)OC[C@@H](COC(=O)CCCCCCCCCCCCCCCCC(C)C)OC(=O)CCCCCCCCCCCCCCCCCC(C)C)OC(=O)CCCCCCCCCC. The zero-order valence-electron chi connectivity index (χ0n) is 59.1. The monoisotopic (exact) mass is 1340 g/mol. The smallest absolute Gasteiger partial charge is 0.462 e. The predicted octanol–water partition coefficient (Wildman–Crippen LogP) is 20.8. The van der Waals surface area contributed by atoms with Crippen LogP contribution in [0.1, 0.15) is 369 Å². The van der Waals surface area contributed by atoms with Gasteiger partial charge in [-0.1, -0.05) is 318 Å². The Bertz CT molecular complexity index is 1770. The molecular weight excluding hydrogens is 1200 g/mol. The summed E-state index contributed by atoms with van der Waals surface area (Å²) in [5, 5.41) is 10.6. The Morgan fingerprint density at radius 1 is 0.297 bits per heavy atom. The largest absolute Gasteiger partial charge is 0.472 e. The van der Waals surface area contributed by atoms with Crippen molar-refractivity contribution in [1.29, 1.82) is 0 Å². The first-order valence-corrected chi connectivity index (χ1v) is 40.5. The van der Waals surface area contributed by atoms with Crippen LogP contribution in [0.25, 0.3) is 0 Å². The van der Waals surface area contributed by atoms with Crippen LogP contribution in [0, 0.1) is 11.8 Å². The van der Waals surface area contributed by atoms with E-state index in [1.54, 1.807) is 0 Å². The number of aliphatic hydroxyl groups excluding tert-OH is 1. The molecular formula is C72H140O17P2. The molecule has 0 amide bonds. The van der Waals surface area contributed by atoms with Gasteiger partial charge in [-0.05, 0) is 37.5 Å². The lowest BCUT2D eigenvalue weighted by molar-refractivity contribution is -0.161. The van der Waals surface area contributed by atoms with Gasteiger partial charge in [0.1, 0.15) is 19.3 Å². The zero-order chi connectivity index (χ0) is 67.2. The number of hydrogen-bond acceptors (Lipinski definition) is 15. The van der Waals surface area contributed by atoms with Gasteiger partial charge in [-0.15, -0.1) is 0 Å². The summed E-state index contributed by atoms with van der Waals surface area (Å²) in [6, 6.07) is 0. The van der Waals surface area contributed by atoms with Gasteiger partial charge in [-0.3, -0.25) is 37.3 Å². The van der Waals surface area contributed by atoms with E-state index >= 15 is 0 Å². The molecule has 17 nitrogen and oxygen atoms in total. The van der Waals surface area contributed by atoms with E-state index < -0.39 is 97.5 Å². The van der Waals surface area contributed by atoms with Gasteiger partial charge in [-0.2, -0.15) is 0 Å². The van der Waals surface area contributed by atoms with E-state index in [9.17, 15) is 43.2 Å². The number of aliphatic hydroxyl groups is 1. The van der Waals surface area contributed by atoms with Gasteiger partial charge < -0.3 is 33.8 Å². The Morgan fingerprint density at radius 3 is 0.747 bits per heavy atom. The Hall–Kier alpha value is -1.94. The first-order valence-electron chi connectivity index (χ1n) is 37.5. The maximum absolute atomic E-state index is 13.0. The lowest BCUT2D eigenvalue weighted by Crippen LogP contribution is -2.30. The van der Waals surface area contributed by atoms with Crippen LogP contribution in [0.3, 0.4) is 0 Å². The summed E-state index contributed by atoms with van der Waals surface area (Å²) in [5.74, 6) is -0.524. The van der Waals surface area contributed by atoms with Crippen molar-refractivity contribution in [1.82, 2.24) is 0 Å². The highest BCUT2D eigenvalue weighted by Gasteiger charge is 2.30. The number of rotatable bonds is 71. The van der Waals surface area contributed by atoms with Crippen LogP contribution in [-0.2, 0) is 65.4 Å². The number of phosphoric ester groups is 2. The van der Waals surface area contributed by atoms with Gasteiger partial charge in [0.2, 0.25) is 0 Å². The second-order valence-electron chi connectivity index (χ2n) is 26.9. The number of ether oxygens (including phenoxy) is 4. The second kappa shape index (κ2) is 64.1. The van der Waals surface area contributed by atoms with Gasteiger partial charge >= 0.3 is 39.5 Å². The standard InChI is InChI=1S/C72H140O17P2/c1-7-9-11-13-15-36-42-48-54-69(74)82-60-67(88-71(76)56-50-44-37-16-14-12-10-8-2)62-86-90(78,79)84-58-66(73)59-85-91(80,81)87-63-68(61-83-70(75)55-49-43-38-32-28-24-21-20-23-27-31-35-41-47-53-65(5)6)89-72(77)57-51-45-39-33-29-25-19-17-18-22-26-30-34-40-46-52-64(3)4/h64-68,73H,7-63H2,1-6H3,(H,78,79)(H,80,81)/t66-,67+,68+/m0/s1. The molecule has 0 aromatic heterocycles. The van der Waals surface area contributed by atoms with Crippen molar-refractivity contribution >= 4 is 39.5 Å². The molecule has 0 rings (SSSR count). The molecule has 0 aromatic carbocycles. The van der Waals surface area contributed by atoms with E-state index in [2.05, 4.69) is 41.5 Å². The summed E-state index contributed by atoms with van der Waals surface area (Å²) in [4.78, 5) is 72.4. The third-order valence-electron chi connectivity index (χ3n) is 16.7. The quantitative estimate of drug-likeness (QED) is 0.0222. The summed E-state index contributed by atoms with van der Waals surface area (Å²) in [6.07, 6.45) is 50.1. The molecule has 0 fully saturated rings. The lowest BCUT2D eigenvalue weighted by atomic mass is 10.0. The van der Waals surface area contributed by atoms with Gasteiger partial charge in [0, 0.05) is 25.7 Å². The van der Waals surface area contributed by atoms with E-state index in [1.165, 1.54) is 173 Å². The molecule has 0 bridgehead atoms. The number of carbonyl (C=O) groups is 4. The van der Waals surface area contributed by atoms with Crippen LogP contribution in [0.4, 0.5) is 0 Å². The molecule has 0 radical (unpaired) electrons. The minimum Gasteiger partial charge on any atom is -0.462 e. The Kier molecular flexibility index (Phi) is 62.7. The van der Waals surface area contributed by atoms with Crippen molar-refractivity contribution in [2.24, 2.45) is 11.8 Å². The fourth-order valence-electron chi connectivity index (χ4n) is 10.9. The average molecular weight is 1340 g/mol. The molecule has 0 aliphatic rings. The molecule has 19 heteroatoms. The third-order valence-corrected chi connectivity index (χ3v) is 18.6. The number of hydrogen-bond donors (Lipinski definition) is 3. The molecule has 0 heterocycles. The molecule has 0 aromatic rings. The van der Waals surface area contributed by atoms with Crippen LogP contribution >= 0.6 is 15.6 Å². The molecule has 2 unspecified atom stereocenters. The summed E-state index contributed by atoms with van der Waals surface area (Å²) in [5.41, 5.74) is 0. The molecule has 0 saturated carbocycles.